The summed E-state index contributed by atoms with van der Waals surface area (Å²) in [7, 11) is 0. The molecule has 0 atom stereocenters. The number of para-hydroxylation sites is 4. The molecule has 0 aliphatic heterocycles. The van der Waals surface area contributed by atoms with Gasteiger partial charge in [0.2, 0.25) is 0 Å². The maximum atomic E-state index is 6.54. The lowest BCUT2D eigenvalue weighted by atomic mass is 9.89. The van der Waals surface area contributed by atoms with Crippen LogP contribution >= 0.6 is 0 Å². The number of benzene rings is 7. The van der Waals surface area contributed by atoms with E-state index in [1.54, 1.807) is 0 Å². The van der Waals surface area contributed by atoms with Gasteiger partial charge >= 0.3 is 0 Å². The van der Waals surface area contributed by atoms with Crippen LogP contribution in [0.2, 0.25) is 0 Å². The van der Waals surface area contributed by atoms with Crippen LogP contribution < -0.4 is 0 Å². The monoisotopic (exact) mass is 641 g/mol. The van der Waals surface area contributed by atoms with E-state index in [-0.39, 0.29) is 0 Å². The molecule has 4 heteroatoms. The molecule has 0 saturated carbocycles. The molecule has 0 N–H and O–H groups in total. The van der Waals surface area contributed by atoms with Gasteiger partial charge in [-0.05, 0) is 59.2 Å². The zero-order valence-electron chi connectivity index (χ0n) is 27.5. The van der Waals surface area contributed by atoms with E-state index in [0.29, 0.717) is 0 Å². The van der Waals surface area contributed by atoms with E-state index in [1.807, 2.05) is 12.1 Å². The lowest BCUT2D eigenvalue weighted by molar-refractivity contribution is 0.669. The normalized spacial score (nSPS) is 11.8. The molecular formula is C46H31N3O. The minimum absolute atomic E-state index is 0.865. The average Bonchev–Trinajstić information content (AvgIpc) is 3.75. The third-order valence-electron chi connectivity index (χ3n) is 9.95. The number of aromatic nitrogens is 3. The van der Waals surface area contributed by atoms with Crippen molar-refractivity contribution in [3.63, 3.8) is 0 Å². The number of pyridine rings is 1. The fourth-order valence-corrected chi connectivity index (χ4v) is 7.65. The van der Waals surface area contributed by atoms with Crippen LogP contribution in [0.15, 0.2) is 162 Å². The number of nitrogens with zero attached hydrogens (tertiary/aromatic N) is 3. The molecule has 7 aromatic carbocycles. The first-order valence-electron chi connectivity index (χ1n) is 17.1. The van der Waals surface area contributed by atoms with Crippen LogP contribution in [-0.2, 0) is 6.42 Å². The highest BCUT2D eigenvalue weighted by Gasteiger charge is 2.21. The quantitative estimate of drug-likeness (QED) is 0.176. The number of imidazole rings is 1. The Morgan fingerprint density at radius 1 is 0.500 bits per heavy atom. The molecule has 0 aliphatic rings. The number of aryl methyl sites for hydroxylation is 1. The van der Waals surface area contributed by atoms with Gasteiger partial charge in [-0.2, -0.15) is 0 Å². The Hall–Kier alpha value is -6.52. The minimum atomic E-state index is 0.865. The Kier molecular flexibility index (Phi) is 6.43. The first-order chi connectivity index (χ1) is 24.7. The molecule has 0 fully saturated rings. The molecule has 0 saturated heterocycles. The highest BCUT2D eigenvalue weighted by atomic mass is 16.3. The second-order valence-corrected chi connectivity index (χ2v) is 12.8. The summed E-state index contributed by atoms with van der Waals surface area (Å²) in [4.78, 5) is 10.2. The molecule has 0 aliphatic carbocycles. The van der Waals surface area contributed by atoms with Crippen LogP contribution in [0.4, 0.5) is 0 Å². The van der Waals surface area contributed by atoms with Gasteiger partial charge in [0.05, 0.1) is 22.2 Å². The summed E-state index contributed by atoms with van der Waals surface area (Å²) in [5, 5.41) is 5.65. The van der Waals surface area contributed by atoms with E-state index in [4.69, 9.17) is 14.4 Å². The molecule has 50 heavy (non-hydrogen) atoms. The van der Waals surface area contributed by atoms with Gasteiger partial charge < -0.3 is 4.42 Å². The summed E-state index contributed by atoms with van der Waals surface area (Å²) >= 11 is 0. The van der Waals surface area contributed by atoms with Gasteiger partial charge in [0, 0.05) is 50.2 Å². The van der Waals surface area contributed by atoms with Gasteiger partial charge in [0.1, 0.15) is 17.0 Å². The number of rotatable bonds is 5. The number of hydrogen-bond donors (Lipinski definition) is 0. The van der Waals surface area contributed by atoms with Gasteiger partial charge in [-0.25, -0.2) is 9.97 Å². The Morgan fingerprint density at radius 3 is 1.92 bits per heavy atom. The predicted octanol–water partition coefficient (Wildman–Crippen LogP) is 12.2. The lowest BCUT2D eigenvalue weighted by Crippen LogP contribution is -1.99. The molecule has 0 spiro atoms. The molecule has 3 heterocycles. The molecule has 3 aromatic heterocycles. The molecule has 10 rings (SSSR count). The molecule has 10 aromatic rings. The molecule has 0 radical (unpaired) electrons. The molecule has 0 unspecified atom stereocenters. The fourth-order valence-electron chi connectivity index (χ4n) is 7.65. The summed E-state index contributed by atoms with van der Waals surface area (Å²) in [6.45, 7) is 2.16. The van der Waals surface area contributed by atoms with Crippen LogP contribution in [0.25, 0.3) is 93.8 Å². The van der Waals surface area contributed by atoms with Crippen molar-refractivity contribution >= 4 is 54.6 Å². The highest BCUT2D eigenvalue weighted by molar-refractivity contribution is 6.27. The van der Waals surface area contributed by atoms with Crippen molar-refractivity contribution in [3.05, 3.63) is 164 Å². The third kappa shape index (κ3) is 4.39. The van der Waals surface area contributed by atoms with Gasteiger partial charge in [-0.15, -0.1) is 0 Å². The zero-order valence-corrected chi connectivity index (χ0v) is 27.5. The first kappa shape index (κ1) is 28.5. The Labute approximate surface area is 288 Å². The van der Waals surface area contributed by atoms with Crippen LogP contribution in [0.3, 0.4) is 0 Å². The van der Waals surface area contributed by atoms with Crippen molar-refractivity contribution in [2.45, 2.75) is 13.3 Å². The van der Waals surface area contributed by atoms with Crippen molar-refractivity contribution in [3.8, 4) is 39.2 Å². The van der Waals surface area contributed by atoms with Crippen LogP contribution in [-0.4, -0.2) is 14.5 Å². The van der Waals surface area contributed by atoms with E-state index < -0.39 is 0 Å². The van der Waals surface area contributed by atoms with Crippen LogP contribution in [0, 0.1) is 0 Å². The van der Waals surface area contributed by atoms with Crippen molar-refractivity contribution in [1.82, 2.24) is 14.5 Å². The second kappa shape index (κ2) is 11.3. The molecule has 236 valence electrons. The molecule has 0 amide bonds. The summed E-state index contributed by atoms with van der Waals surface area (Å²) < 4.78 is 8.81. The molecule has 0 bridgehead atoms. The summed E-state index contributed by atoms with van der Waals surface area (Å²) in [5.74, 6) is 1.06. The van der Waals surface area contributed by atoms with Crippen LogP contribution in [0.5, 0.6) is 0 Å². The third-order valence-corrected chi connectivity index (χ3v) is 9.95. The molecular weight excluding hydrogens is 611 g/mol. The second-order valence-electron chi connectivity index (χ2n) is 12.8. The van der Waals surface area contributed by atoms with Crippen molar-refractivity contribution in [2.24, 2.45) is 0 Å². The van der Waals surface area contributed by atoms with E-state index in [0.717, 1.165) is 95.1 Å². The van der Waals surface area contributed by atoms with Gasteiger partial charge in [-0.1, -0.05) is 122 Å². The minimum Gasteiger partial charge on any atom is -0.456 e. The van der Waals surface area contributed by atoms with Gasteiger partial charge in [-0.3, -0.25) is 4.57 Å². The standard InChI is InChI=1S/C46H31N3O/c1-2-42-47-38-17-9-10-18-39(38)49(42)33-26-24-30(25-27-33)29-20-22-32(23-21-29)46-36-28-41-45(35-15-7-11-19-40(35)50-41)43(31-12-4-3-5-13-31)44(36)34-14-6-8-16-37(34)48-46/h3-28H,2H2,1H3. The number of furan rings is 1. The fraction of sp³-hybridized carbons (Fsp3) is 0.0435. The summed E-state index contributed by atoms with van der Waals surface area (Å²) in [6, 6.07) is 55.6. The maximum absolute atomic E-state index is 6.54. The Morgan fingerprint density at radius 2 is 1.14 bits per heavy atom. The topological polar surface area (TPSA) is 43.9 Å². The van der Waals surface area contributed by atoms with Crippen LogP contribution in [0.1, 0.15) is 12.7 Å². The van der Waals surface area contributed by atoms with Crippen molar-refractivity contribution in [2.75, 3.05) is 0 Å². The highest BCUT2D eigenvalue weighted by Crippen LogP contribution is 2.46. The average molecular weight is 642 g/mol. The summed E-state index contributed by atoms with van der Waals surface area (Å²) in [5.41, 5.74) is 12.7. The van der Waals surface area contributed by atoms with Gasteiger partial charge in [0.25, 0.3) is 0 Å². The SMILES string of the molecule is CCc1nc2ccccc2n1-c1ccc(-c2ccc(-c3nc4ccccc4c4c(-c5ccccc5)c5c(cc34)oc3ccccc35)cc2)cc1. The summed E-state index contributed by atoms with van der Waals surface area (Å²) in [6.07, 6.45) is 0.865. The zero-order chi connectivity index (χ0) is 33.2. The molecule has 4 nitrogen and oxygen atoms in total. The predicted molar refractivity (Wildman–Crippen MR) is 207 cm³/mol. The number of hydrogen-bond acceptors (Lipinski definition) is 3. The Balaban J connectivity index is 1.14. The van der Waals surface area contributed by atoms with E-state index in [9.17, 15) is 0 Å². The lowest BCUT2D eigenvalue weighted by Gasteiger charge is -2.16. The van der Waals surface area contributed by atoms with Crippen molar-refractivity contribution < 1.29 is 4.42 Å². The first-order valence-corrected chi connectivity index (χ1v) is 17.1. The Bertz CT molecular complexity index is 2880. The smallest absolute Gasteiger partial charge is 0.136 e. The van der Waals surface area contributed by atoms with E-state index in [2.05, 4.69) is 157 Å². The van der Waals surface area contributed by atoms with Crippen molar-refractivity contribution in [1.29, 1.82) is 0 Å². The van der Waals surface area contributed by atoms with E-state index in [1.165, 1.54) is 10.9 Å². The maximum Gasteiger partial charge on any atom is 0.136 e. The van der Waals surface area contributed by atoms with E-state index >= 15 is 0 Å². The number of fused-ring (bicyclic) bond motifs is 7. The largest absolute Gasteiger partial charge is 0.456 e. The van der Waals surface area contributed by atoms with Gasteiger partial charge in [0.15, 0.2) is 0 Å².